The molecule has 0 spiro atoms. The minimum absolute atomic E-state index is 0.219. The Balaban J connectivity index is 1.74. The minimum atomic E-state index is -0.558. The topological polar surface area (TPSA) is 41.5 Å². The van der Waals surface area contributed by atoms with Gasteiger partial charge < -0.3 is 15.2 Å². The van der Waals surface area contributed by atoms with E-state index in [9.17, 15) is 5.11 Å². The fourth-order valence-electron chi connectivity index (χ4n) is 2.45. The normalized spacial score (nSPS) is 13.7. The Kier molecular flexibility index (Phi) is 8.22. The summed E-state index contributed by atoms with van der Waals surface area (Å²) in [5, 5.41) is 14.2. The van der Waals surface area contributed by atoms with E-state index >= 15 is 0 Å². The van der Waals surface area contributed by atoms with Gasteiger partial charge in [0.2, 0.25) is 0 Å². The summed E-state index contributed by atoms with van der Waals surface area (Å²) in [6.45, 7) is 3.28. The average Bonchev–Trinajstić information content (AvgIpc) is 2.58. The number of halogens is 2. The van der Waals surface area contributed by atoms with Gasteiger partial charge in [-0.2, -0.15) is 0 Å². The average molecular weight is 413 g/mol. The lowest BCUT2D eigenvalue weighted by molar-refractivity contribution is 0.0275. The fraction of sp³-hybridized carbons (Fsp3) is 0.368. The van der Waals surface area contributed by atoms with E-state index in [4.69, 9.17) is 16.3 Å². The lowest BCUT2D eigenvalue weighted by Gasteiger charge is -2.20. The summed E-state index contributed by atoms with van der Waals surface area (Å²) in [5.74, 6) is 0. The molecule has 0 saturated heterocycles. The van der Waals surface area contributed by atoms with Crippen LogP contribution in [-0.4, -0.2) is 24.4 Å². The lowest BCUT2D eigenvalue weighted by atomic mass is 10.0. The third-order valence-corrected chi connectivity index (χ3v) is 4.70. The molecule has 0 radical (unpaired) electrons. The maximum atomic E-state index is 10.1. The number of nitrogens with one attached hydrogen (secondary N) is 1. The minimum Gasteiger partial charge on any atom is -0.389 e. The molecule has 0 aromatic heterocycles. The van der Waals surface area contributed by atoms with Crippen molar-refractivity contribution >= 4 is 27.5 Å². The summed E-state index contributed by atoms with van der Waals surface area (Å²) < 4.78 is 6.63. The molecule has 0 aliphatic rings. The van der Waals surface area contributed by atoms with Crippen molar-refractivity contribution in [3.8, 4) is 0 Å². The van der Waals surface area contributed by atoms with Crippen LogP contribution in [0.3, 0.4) is 0 Å². The van der Waals surface area contributed by atoms with E-state index in [1.54, 1.807) is 0 Å². The molecular weight excluding hydrogens is 390 g/mol. The van der Waals surface area contributed by atoms with Gasteiger partial charge >= 0.3 is 0 Å². The molecule has 3 nitrogen and oxygen atoms in total. The zero-order chi connectivity index (χ0) is 17.4. The molecule has 2 aromatic rings. The van der Waals surface area contributed by atoms with E-state index in [2.05, 4.69) is 40.3 Å². The summed E-state index contributed by atoms with van der Waals surface area (Å²) in [6, 6.07) is 16.0. The summed E-state index contributed by atoms with van der Waals surface area (Å²) in [4.78, 5) is 0. The first-order chi connectivity index (χ1) is 11.6. The molecule has 0 fully saturated rings. The summed E-state index contributed by atoms with van der Waals surface area (Å²) >= 11 is 9.53. The number of benzene rings is 2. The SMILES string of the molecule is CCC(NCC(O)COCc1ccccc1Cl)c1ccc(Br)cc1. The maximum absolute atomic E-state index is 10.1. The van der Waals surface area contributed by atoms with Crippen molar-refractivity contribution in [3.05, 3.63) is 69.2 Å². The van der Waals surface area contributed by atoms with Gasteiger partial charge in [0.25, 0.3) is 0 Å². The lowest BCUT2D eigenvalue weighted by Crippen LogP contribution is -2.33. The molecule has 0 saturated carbocycles. The number of ether oxygens (including phenoxy) is 1. The second-order valence-electron chi connectivity index (χ2n) is 5.68. The molecule has 2 atom stereocenters. The largest absolute Gasteiger partial charge is 0.389 e. The van der Waals surface area contributed by atoms with E-state index in [0.29, 0.717) is 18.2 Å². The van der Waals surface area contributed by atoms with Crippen LogP contribution in [0.15, 0.2) is 53.0 Å². The fourth-order valence-corrected chi connectivity index (χ4v) is 2.91. The van der Waals surface area contributed by atoms with Gasteiger partial charge in [-0.25, -0.2) is 0 Å². The zero-order valence-electron chi connectivity index (χ0n) is 13.7. The third kappa shape index (κ3) is 6.19. The highest BCUT2D eigenvalue weighted by molar-refractivity contribution is 9.10. The second kappa shape index (κ2) is 10.2. The third-order valence-electron chi connectivity index (χ3n) is 3.81. The Morgan fingerprint density at radius 1 is 1.17 bits per heavy atom. The monoisotopic (exact) mass is 411 g/mol. The van der Waals surface area contributed by atoms with Crippen molar-refractivity contribution in [2.75, 3.05) is 13.2 Å². The van der Waals surface area contributed by atoms with Gasteiger partial charge in [-0.05, 0) is 35.7 Å². The van der Waals surface area contributed by atoms with Crippen molar-refractivity contribution in [2.24, 2.45) is 0 Å². The van der Waals surface area contributed by atoms with Gasteiger partial charge in [-0.1, -0.05) is 64.8 Å². The Morgan fingerprint density at radius 2 is 1.88 bits per heavy atom. The number of hydrogen-bond acceptors (Lipinski definition) is 3. The van der Waals surface area contributed by atoms with Crippen molar-refractivity contribution in [1.82, 2.24) is 5.32 Å². The van der Waals surface area contributed by atoms with E-state index < -0.39 is 6.10 Å². The van der Waals surface area contributed by atoms with Crippen LogP contribution in [0.4, 0.5) is 0 Å². The highest BCUT2D eigenvalue weighted by atomic mass is 79.9. The van der Waals surface area contributed by atoms with E-state index in [-0.39, 0.29) is 12.6 Å². The van der Waals surface area contributed by atoms with Gasteiger partial charge in [0, 0.05) is 22.1 Å². The first-order valence-electron chi connectivity index (χ1n) is 8.08. The van der Waals surface area contributed by atoms with Crippen molar-refractivity contribution in [3.63, 3.8) is 0 Å². The molecule has 2 rings (SSSR count). The van der Waals surface area contributed by atoms with Crippen molar-refractivity contribution < 1.29 is 9.84 Å². The first-order valence-corrected chi connectivity index (χ1v) is 9.25. The first kappa shape index (κ1) is 19.4. The predicted molar refractivity (Wildman–Crippen MR) is 102 cm³/mol. The Labute approximate surface area is 157 Å². The van der Waals surface area contributed by atoms with Crippen LogP contribution < -0.4 is 5.32 Å². The molecule has 0 aliphatic heterocycles. The number of hydrogen-bond donors (Lipinski definition) is 2. The van der Waals surface area contributed by atoms with Gasteiger partial charge in [0.05, 0.1) is 19.3 Å². The summed E-state index contributed by atoms with van der Waals surface area (Å²) in [6.07, 6.45) is 0.395. The molecule has 0 aliphatic carbocycles. The highest BCUT2D eigenvalue weighted by Crippen LogP contribution is 2.19. The molecule has 2 N–H and O–H groups in total. The van der Waals surface area contributed by atoms with Crippen molar-refractivity contribution in [2.45, 2.75) is 32.1 Å². The number of rotatable bonds is 9. The molecule has 0 bridgehead atoms. The molecule has 5 heteroatoms. The maximum Gasteiger partial charge on any atom is 0.0898 e. The van der Waals surface area contributed by atoms with Gasteiger partial charge in [-0.15, -0.1) is 0 Å². The van der Waals surface area contributed by atoms with E-state index in [1.165, 1.54) is 5.56 Å². The van der Waals surface area contributed by atoms with Crippen molar-refractivity contribution in [1.29, 1.82) is 0 Å². The highest BCUT2D eigenvalue weighted by Gasteiger charge is 2.12. The number of aliphatic hydroxyl groups is 1. The Hall–Kier alpha value is -0.910. The van der Waals surface area contributed by atoms with Gasteiger partial charge in [-0.3, -0.25) is 0 Å². The van der Waals surface area contributed by atoms with Crippen LogP contribution >= 0.6 is 27.5 Å². The summed E-state index contributed by atoms with van der Waals surface area (Å²) in [5.41, 5.74) is 2.14. The molecule has 0 amide bonds. The summed E-state index contributed by atoms with van der Waals surface area (Å²) in [7, 11) is 0. The zero-order valence-corrected chi connectivity index (χ0v) is 16.1. The van der Waals surface area contributed by atoms with Gasteiger partial charge in [0.15, 0.2) is 0 Å². The molecule has 0 heterocycles. The van der Waals surface area contributed by atoms with Crippen LogP contribution in [0.5, 0.6) is 0 Å². The van der Waals surface area contributed by atoms with Crippen LogP contribution in [-0.2, 0) is 11.3 Å². The number of aliphatic hydroxyl groups excluding tert-OH is 1. The predicted octanol–water partition coefficient (Wildman–Crippen LogP) is 4.72. The molecular formula is C19H23BrClNO2. The Morgan fingerprint density at radius 3 is 2.54 bits per heavy atom. The molecule has 24 heavy (non-hydrogen) atoms. The smallest absolute Gasteiger partial charge is 0.0898 e. The van der Waals surface area contributed by atoms with E-state index in [0.717, 1.165) is 16.5 Å². The molecule has 2 aromatic carbocycles. The van der Waals surface area contributed by atoms with Crippen LogP contribution in [0.25, 0.3) is 0 Å². The van der Waals surface area contributed by atoms with Crippen LogP contribution in [0.1, 0.15) is 30.5 Å². The second-order valence-corrected chi connectivity index (χ2v) is 7.00. The molecule has 130 valence electrons. The van der Waals surface area contributed by atoms with Crippen LogP contribution in [0, 0.1) is 0 Å². The quantitative estimate of drug-likeness (QED) is 0.626. The van der Waals surface area contributed by atoms with Gasteiger partial charge in [0.1, 0.15) is 0 Å². The Bertz CT molecular complexity index is 621. The molecule has 2 unspecified atom stereocenters. The van der Waals surface area contributed by atoms with Crippen LogP contribution in [0.2, 0.25) is 5.02 Å². The standard InChI is InChI=1S/C19H23BrClNO2/c1-2-19(14-7-9-16(20)10-8-14)22-11-17(23)13-24-12-15-5-3-4-6-18(15)21/h3-10,17,19,22-23H,2,11-13H2,1H3. The van der Waals surface area contributed by atoms with E-state index in [1.807, 2.05) is 36.4 Å².